The van der Waals surface area contributed by atoms with Gasteiger partial charge in [0, 0.05) is 12.0 Å². The summed E-state index contributed by atoms with van der Waals surface area (Å²) in [6.07, 6.45) is 2.61. The van der Waals surface area contributed by atoms with E-state index in [0.717, 1.165) is 30.2 Å². The lowest BCUT2D eigenvalue weighted by Gasteiger charge is -2.23. The van der Waals surface area contributed by atoms with Crippen LogP contribution in [0.5, 0.6) is 5.75 Å². The second-order valence-electron chi connectivity index (χ2n) is 14.7. The van der Waals surface area contributed by atoms with Crippen molar-refractivity contribution in [1.82, 2.24) is 0 Å². The summed E-state index contributed by atoms with van der Waals surface area (Å²) < 4.78 is 5.80. The molecule has 0 saturated heterocycles. The molecule has 0 heterocycles. The van der Waals surface area contributed by atoms with Gasteiger partial charge in [-0.25, -0.2) is 0 Å². The first-order valence-corrected chi connectivity index (χ1v) is 18.0. The molecule has 2 aliphatic rings. The predicted molar refractivity (Wildman–Crippen MR) is 206 cm³/mol. The van der Waals surface area contributed by atoms with E-state index < -0.39 is 5.41 Å². The molecular formula is C46H50O3. The van der Waals surface area contributed by atoms with Gasteiger partial charge in [-0.3, -0.25) is 4.79 Å². The Morgan fingerprint density at radius 3 is 1.90 bits per heavy atom. The van der Waals surface area contributed by atoms with E-state index in [4.69, 9.17) is 4.74 Å². The van der Waals surface area contributed by atoms with Crippen molar-refractivity contribution in [3.63, 3.8) is 0 Å². The molecule has 0 spiro atoms. The molecule has 0 aromatic heterocycles. The first kappa shape index (κ1) is 34.2. The van der Waals surface area contributed by atoms with E-state index in [9.17, 15) is 9.90 Å². The number of phenols is 1. The molecule has 8 rings (SSSR count). The number of rotatable bonds is 5. The highest BCUT2D eigenvalue weighted by atomic mass is 16.5. The van der Waals surface area contributed by atoms with Gasteiger partial charge < -0.3 is 9.84 Å². The number of fused-ring (bicyclic) bond motifs is 1. The van der Waals surface area contributed by atoms with Crippen LogP contribution in [0.15, 0.2) is 109 Å². The third kappa shape index (κ3) is 6.81. The maximum atomic E-state index is 12.3. The van der Waals surface area contributed by atoms with E-state index in [0.29, 0.717) is 23.5 Å². The van der Waals surface area contributed by atoms with Crippen molar-refractivity contribution in [2.24, 2.45) is 5.41 Å². The highest BCUT2D eigenvalue weighted by Crippen LogP contribution is 2.46. The van der Waals surface area contributed by atoms with Crippen molar-refractivity contribution < 1.29 is 14.6 Å². The van der Waals surface area contributed by atoms with E-state index in [1.54, 1.807) is 12.1 Å². The van der Waals surface area contributed by atoms with Gasteiger partial charge in [0.25, 0.3) is 0 Å². The molecule has 3 heteroatoms. The summed E-state index contributed by atoms with van der Waals surface area (Å²) in [6, 6.07) is 37.8. The third-order valence-corrected chi connectivity index (χ3v) is 11.2. The van der Waals surface area contributed by atoms with Crippen LogP contribution in [-0.4, -0.2) is 11.1 Å². The summed E-state index contributed by atoms with van der Waals surface area (Å²) in [5.74, 6) is 2.18. The summed E-state index contributed by atoms with van der Waals surface area (Å²) >= 11 is 0. The molecule has 6 aromatic rings. The molecule has 3 nitrogen and oxygen atoms in total. The summed E-state index contributed by atoms with van der Waals surface area (Å²) in [5, 5.41) is 17.1. The smallest absolute Gasteiger partial charge is 0.312 e. The van der Waals surface area contributed by atoms with Crippen molar-refractivity contribution in [1.29, 1.82) is 0 Å². The van der Waals surface area contributed by atoms with E-state index in [-0.39, 0.29) is 12.1 Å². The fourth-order valence-corrected chi connectivity index (χ4v) is 7.23. The summed E-state index contributed by atoms with van der Waals surface area (Å²) in [7, 11) is 0. The Morgan fingerprint density at radius 1 is 0.735 bits per heavy atom. The SMILES string of the molecule is CC1c2cccc3cccc(c23)C1C.CCC(C)(C)C(=O)OC1Cc2cccc3cccc1c23.CCC(C)c1ccc2cc(O)ccc2c1. The average Bonchev–Trinajstić information content (AvgIpc) is 3.60. The summed E-state index contributed by atoms with van der Waals surface area (Å²) in [6.45, 7) is 15.0. The van der Waals surface area contributed by atoms with Gasteiger partial charge in [0.2, 0.25) is 0 Å². The highest BCUT2D eigenvalue weighted by molar-refractivity contribution is 5.93. The molecule has 252 valence electrons. The average molecular weight is 651 g/mol. The van der Waals surface area contributed by atoms with Gasteiger partial charge in [-0.2, -0.15) is 0 Å². The third-order valence-electron chi connectivity index (χ3n) is 11.2. The maximum Gasteiger partial charge on any atom is 0.312 e. The number of carbonyl (C=O) groups excluding carboxylic acids is 1. The minimum Gasteiger partial charge on any atom is -0.508 e. The fraction of sp³-hybridized carbons (Fsp3) is 0.326. The first-order chi connectivity index (χ1) is 23.5. The van der Waals surface area contributed by atoms with Crippen LogP contribution in [0.1, 0.15) is 113 Å². The number of phenolic OH excluding ortho intramolecular Hbond substituents is 1. The summed E-state index contributed by atoms with van der Waals surface area (Å²) in [5.41, 5.74) is 6.46. The van der Waals surface area contributed by atoms with Crippen LogP contribution in [0.4, 0.5) is 0 Å². The van der Waals surface area contributed by atoms with Crippen LogP contribution in [-0.2, 0) is 16.0 Å². The lowest BCUT2D eigenvalue weighted by molar-refractivity contribution is -0.160. The zero-order valence-corrected chi connectivity index (χ0v) is 30.1. The minimum atomic E-state index is -0.414. The molecule has 0 fully saturated rings. The van der Waals surface area contributed by atoms with Crippen molar-refractivity contribution in [2.45, 2.75) is 91.6 Å². The quantitative estimate of drug-likeness (QED) is 0.189. The van der Waals surface area contributed by atoms with Gasteiger partial charge in [0.1, 0.15) is 11.9 Å². The van der Waals surface area contributed by atoms with Crippen LogP contribution in [0.3, 0.4) is 0 Å². The maximum absolute atomic E-state index is 12.3. The lowest BCUT2D eigenvalue weighted by atomic mass is 9.90. The normalized spacial score (nSPS) is 18.1. The van der Waals surface area contributed by atoms with E-state index in [1.165, 1.54) is 49.2 Å². The molecular weight excluding hydrogens is 601 g/mol. The fourth-order valence-electron chi connectivity index (χ4n) is 7.23. The number of esters is 1. The van der Waals surface area contributed by atoms with E-state index >= 15 is 0 Å². The van der Waals surface area contributed by atoms with Crippen molar-refractivity contribution >= 4 is 38.3 Å². The minimum absolute atomic E-state index is 0.102. The second kappa shape index (κ2) is 14.1. The Kier molecular flexibility index (Phi) is 9.84. The van der Waals surface area contributed by atoms with Crippen LogP contribution in [0, 0.1) is 5.41 Å². The van der Waals surface area contributed by atoms with E-state index in [2.05, 4.69) is 113 Å². The monoisotopic (exact) mass is 650 g/mol. The number of benzene rings is 6. The molecule has 4 unspecified atom stereocenters. The van der Waals surface area contributed by atoms with Crippen LogP contribution in [0.2, 0.25) is 0 Å². The zero-order chi connectivity index (χ0) is 34.9. The van der Waals surface area contributed by atoms with Gasteiger partial charge in [-0.1, -0.05) is 132 Å². The van der Waals surface area contributed by atoms with Gasteiger partial charge in [0.05, 0.1) is 5.41 Å². The largest absolute Gasteiger partial charge is 0.508 e. The molecule has 0 bridgehead atoms. The number of ether oxygens (including phenoxy) is 1. The Labute approximate surface area is 291 Å². The van der Waals surface area contributed by atoms with Gasteiger partial charge >= 0.3 is 5.97 Å². The Balaban J connectivity index is 0.000000130. The van der Waals surface area contributed by atoms with Gasteiger partial charge in [-0.15, -0.1) is 0 Å². The molecule has 49 heavy (non-hydrogen) atoms. The Hall–Kier alpha value is -4.63. The topological polar surface area (TPSA) is 46.5 Å². The molecule has 1 N–H and O–H groups in total. The molecule has 4 atom stereocenters. The Bertz CT molecular complexity index is 2080. The van der Waals surface area contributed by atoms with E-state index in [1.807, 2.05) is 32.9 Å². The second-order valence-corrected chi connectivity index (χ2v) is 14.7. The predicted octanol–water partition coefficient (Wildman–Crippen LogP) is 12.5. The molecule has 6 aromatic carbocycles. The molecule has 2 aliphatic carbocycles. The zero-order valence-electron chi connectivity index (χ0n) is 30.1. The van der Waals surface area contributed by atoms with Crippen molar-refractivity contribution in [3.8, 4) is 5.75 Å². The number of carbonyl (C=O) groups is 1. The first-order valence-electron chi connectivity index (χ1n) is 18.0. The molecule has 0 amide bonds. The number of aromatic hydroxyl groups is 1. The number of hydrogen-bond acceptors (Lipinski definition) is 3. The van der Waals surface area contributed by atoms with Crippen LogP contribution in [0.25, 0.3) is 32.3 Å². The highest BCUT2D eigenvalue weighted by Gasteiger charge is 2.33. The summed E-state index contributed by atoms with van der Waals surface area (Å²) in [4.78, 5) is 12.3. The van der Waals surface area contributed by atoms with Gasteiger partial charge in [0.15, 0.2) is 0 Å². The Morgan fingerprint density at radius 2 is 1.29 bits per heavy atom. The van der Waals surface area contributed by atoms with Crippen molar-refractivity contribution in [2.75, 3.05) is 0 Å². The van der Waals surface area contributed by atoms with Crippen LogP contribution >= 0.6 is 0 Å². The van der Waals surface area contributed by atoms with Crippen molar-refractivity contribution in [3.05, 3.63) is 137 Å². The molecule has 0 radical (unpaired) electrons. The molecule has 0 aliphatic heterocycles. The standard InChI is InChI=1S/C18H20O2.C14H16O.C14H14/c1-4-18(2,3)17(19)20-15-11-13-9-5-7-12-8-6-10-14(15)16(12)13;1-3-10(2)11-4-5-13-9-14(15)7-6-12(13)8-11;1-9-10(2)13-8-4-6-11-5-3-7-12(9)14(11)13/h5-10,15H,4,11H2,1-3H3;4-10,15H,3H2,1-2H3;3-10H,1-2H3. The lowest BCUT2D eigenvalue weighted by Crippen LogP contribution is -2.27. The molecule has 0 saturated carbocycles. The van der Waals surface area contributed by atoms with Gasteiger partial charge in [-0.05, 0) is 111 Å². The van der Waals surface area contributed by atoms with Crippen LogP contribution < -0.4 is 0 Å². The number of hydrogen-bond donors (Lipinski definition) is 1.